The number of benzene rings is 1. The molecule has 1 unspecified atom stereocenters. The van der Waals surface area contributed by atoms with Gasteiger partial charge in [0.25, 0.3) is 5.69 Å². The molecule has 1 aliphatic rings. The Kier molecular flexibility index (Phi) is 3.89. The molecule has 2 rings (SSSR count). The highest BCUT2D eigenvalue weighted by Gasteiger charge is 2.33. The lowest BCUT2D eigenvalue weighted by Crippen LogP contribution is -2.25. The van der Waals surface area contributed by atoms with Crippen LogP contribution in [0.1, 0.15) is 16.8 Å². The molecular formula is C12H11ClN2O5. The molecule has 0 aromatic heterocycles. The molecule has 1 atom stereocenters. The van der Waals surface area contributed by atoms with Gasteiger partial charge in [0, 0.05) is 19.0 Å². The maximum atomic E-state index is 11.8. The summed E-state index contributed by atoms with van der Waals surface area (Å²) in [5.74, 6) is -0.957. The molecule has 1 aliphatic heterocycles. The predicted molar refractivity (Wildman–Crippen MR) is 71.0 cm³/mol. The van der Waals surface area contributed by atoms with Crippen LogP contribution in [0.3, 0.4) is 0 Å². The average molecular weight is 299 g/mol. The highest BCUT2D eigenvalue weighted by Crippen LogP contribution is 2.33. The first kappa shape index (κ1) is 14.3. The zero-order valence-electron chi connectivity index (χ0n) is 10.5. The lowest BCUT2D eigenvalue weighted by molar-refractivity contribution is -0.384. The van der Waals surface area contributed by atoms with E-state index in [1.165, 1.54) is 24.1 Å². The number of carbonyl (C=O) groups excluding carboxylic acids is 2. The van der Waals surface area contributed by atoms with Crippen molar-refractivity contribution >= 4 is 34.9 Å². The van der Waals surface area contributed by atoms with Crippen LogP contribution in [0.4, 0.5) is 11.4 Å². The van der Waals surface area contributed by atoms with Crippen LogP contribution in [0.2, 0.25) is 0 Å². The largest absolute Gasteiger partial charge is 0.465 e. The van der Waals surface area contributed by atoms with E-state index in [4.69, 9.17) is 11.6 Å². The Balaban J connectivity index is 2.46. The lowest BCUT2D eigenvalue weighted by Gasteiger charge is -2.16. The van der Waals surface area contributed by atoms with Gasteiger partial charge in [-0.3, -0.25) is 14.9 Å². The molecular weight excluding hydrogens is 288 g/mol. The van der Waals surface area contributed by atoms with E-state index in [0.29, 0.717) is 0 Å². The summed E-state index contributed by atoms with van der Waals surface area (Å²) in [6.45, 7) is 0.207. The number of nitrogens with zero attached hydrogens (tertiary/aromatic N) is 2. The second kappa shape index (κ2) is 5.46. The van der Waals surface area contributed by atoms with E-state index in [1.54, 1.807) is 0 Å². The van der Waals surface area contributed by atoms with Crippen LogP contribution in [0.15, 0.2) is 18.2 Å². The van der Waals surface area contributed by atoms with Gasteiger partial charge in [0.05, 0.1) is 23.0 Å². The third-order valence-corrected chi connectivity index (χ3v) is 3.25. The van der Waals surface area contributed by atoms with Gasteiger partial charge < -0.3 is 9.64 Å². The molecule has 7 nitrogen and oxygen atoms in total. The number of amides is 1. The quantitative estimate of drug-likeness (QED) is 0.367. The first-order valence-corrected chi connectivity index (χ1v) is 6.19. The number of rotatable bonds is 3. The summed E-state index contributed by atoms with van der Waals surface area (Å²) in [7, 11) is 1.18. The molecule has 106 valence electrons. The van der Waals surface area contributed by atoms with Gasteiger partial charge in [0.15, 0.2) is 0 Å². The van der Waals surface area contributed by atoms with Gasteiger partial charge in [-0.05, 0) is 12.1 Å². The molecule has 1 aromatic rings. The molecule has 0 bridgehead atoms. The number of ether oxygens (including phenoxy) is 1. The number of methoxy groups -OCH3 is 1. The van der Waals surface area contributed by atoms with E-state index in [2.05, 4.69) is 4.74 Å². The van der Waals surface area contributed by atoms with E-state index in [1.807, 2.05) is 0 Å². The molecule has 0 N–H and O–H groups in total. The zero-order chi connectivity index (χ0) is 14.9. The van der Waals surface area contributed by atoms with Crippen molar-refractivity contribution in [3.8, 4) is 0 Å². The number of esters is 1. The number of anilines is 1. The minimum atomic E-state index is -0.678. The standard InChI is InChI=1S/C12H11ClN2O5/c1-20-12(17)7-2-3-9(10(4-7)15(18)19)14-6-8(13)5-11(14)16/h2-4,8H,5-6H2,1H3. The first-order valence-electron chi connectivity index (χ1n) is 5.75. The number of hydrogen-bond acceptors (Lipinski definition) is 5. The van der Waals surface area contributed by atoms with E-state index < -0.39 is 10.9 Å². The normalized spacial score (nSPS) is 18.2. The predicted octanol–water partition coefficient (Wildman–Crippen LogP) is 1.73. The number of nitro groups is 1. The van der Waals surface area contributed by atoms with Crippen molar-refractivity contribution in [3.63, 3.8) is 0 Å². The van der Waals surface area contributed by atoms with Crippen LogP contribution in [0.25, 0.3) is 0 Å². The van der Waals surface area contributed by atoms with Crippen LogP contribution in [0.5, 0.6) is 0 Å². The summed E-state index contributed by atoms with van der Waals surface area (Å²) in [5.41, 5.74) is -0.139. The van der Waals surface area contributed by atoms with E-state index >= 15 is 0 Å². The van der Waals surface area contributed by atoms with Crippen LogP contribution in [-0.2, 0) is 9.53 Å². The average Bonchev–Trinajstić information content (AvgIpc) is 2.76. The highest BCUT2D eigenvalue weighted by molar-refractivity contribution is 6.24. The zero-order valence-corrected chi connectivity index (χ0v) is 11.3. The smallest absolute Gasteiger partial charge is 0.338 e. The summed E-state index contributed by atoms with van der Waals surface area (Å²) in [4.78, 5) is 34.9. The molecule has 0 spiro atoms. The highest BCUT2D eigenvalue weighted by atomic mass is 35.5. The van der Waals surface area contributed by atoms with Gasteiger partial charge in [0.2, 0.25) is 5.91 Å². The van der Waals surface area contributed by atoms with Crippen LogP contribution >= 0.6 is 11.6 Å². The number of halogens is 1. The monoisotopic (exact) mass is 298 g/mol. The molecule has 8 heteroatoms. The SMILES string of the molecule is COC(=O)c1ccc(N2CC(Cl)CC2=O)c([N+](=O)[O-])c1. The Morgan fingerprint density at radius 1 is 1.55 bits per heavy atom. The molecule has 0 aliphatic carbocycles. The summed E-state index contributed by atoms with van der Waals surface area (Å²) < 4.78 is 4.51. The summed E-state index contributed by atoms with van der Waals surface area (Å²) >= 11 is 5.88. The van der Waals surface area contributed by atoms with E-state index in [9.17, 15) is 19.7 Å². The van der Waals surface area contributed by atoms with E-state index in [0.717, 1.165) is 6.07 Å². The van der Waals surface area contributed by atoms with Crippen molar-refractivity contribution in [2.75, 3.05) is 18.6 Å². The maximum absolute atomic E-state index is 11.8. The van der Waals surface area contributed by atoms with Gasteiger partial charge in [-0.1, -0.05) is 0 Å². The fourth-order valence-electron chi connectivity index (χ4n) is 2.04. The number of carbonyl (C=O) groups is 2. The fourth-order valence-corrected chi connectivity index (χ4v) is 2.31. The van der Waals surface area contributed by atoms with Crippen molar-refractivity contribution in [1.82, 2.24) is 0 Å². The number of nitro benzene ring substituents is 1. The minimum Gasteiger partial charge on any atom is -0.465 e. The maximum Gasteiger partial charge on any atom is 0.338 e. The summed E-state index contributed by atoms with van der Waals surface area (Å²) in [6.07, 6.45) is 0.136. The second-order valence-corrected chi connectivity index (χ2v) is 4.88. The Hall–Kier alpha value is -2.15. The molecule has 1 fully saturated rings. The van der Waals surface area contributed by atoms with Gasteiger partial charge in [0.1, 0.15) is 5.69 Å². The Labute approximate surface area is 119 Å². The minimum absolute atomic E-state index is 0.0528. The van der Waals surface area contributed by atoms with Crippen molar-refractivity contribution in [3.05, 3.63) is 33.9 Å². The Morgan fingerprint density at radius 3 is 2.75 bits per heavy atom. The fraction of sp³-hybridized carbons (Fsp3) is 0.333. The Bertz CT molecular complexity index is 589. The Morgan fingerprint density at radius 2 is 2.25 bits per heavy atom. The van der Waals surface area contributed by atoms with Crippen molar-refractivity contribution in [1.29, 1.82) is 0 Å². The second-order valence-electron chi connectivity index (χ2n) is 4.26. The van der Waals surface area contributed by atoms with Gasteiger partial charge in [-0.2, -0.15) is 0 Å². The van der Waals surface area contributed by atoms with Gasteiger partial charge in [-0.25, -0.2) is 4.79 Å². The van der Waals surface area contributed by atoms with Crippen LogP contribution in [0, 0.1) is 10.1 Å². The van der Waals surface area contributed by atoms with Gasteiger partial charge >= 0.3 is 5.97 Å². The molecule has 1 aromatic carbocycles. The third-order valence-electron chi connectivity index (χ3n) is 2.96. The third kappa shape index (κ3) is 2.57. The number of hydrogen-bond donors (Lipinski definition) is 0. The summed E-state index contributed by atoms with van der Waals surface area (Å²) in [6, 6.07) is 3.83. The number of alkyl halides is 1. The molecule has 1 amide bonds. The topological polar surface area (TPSA) is 89.8 Å². The molecule has 20 heavy (non-hydrogen) atoms. The molecule has 0 saturated carbocycles. The molecule has 1 heterocycles. The van der Waals surface area contributed by atoms with Crippen LogP contribution < -0.4 is 4.90 Å². The van der Waals surface area contributed by atoms with Crippen LogP contribution in [-0.4, -0.2) is 35.8 Å². The molecule has 0 radical (unpaired) electrons. The summed E-state index contributed by atoms with van der Waals surface area (Å²) in [5, 5.41) is 10.7. The van der Waals surface area contributed by atoms with E-state index in [-0.39, 0.29) is 41.2 Å². The van der Waals surface area contributed by atoms with Crippen molar-refractivity contribution in [2.24, 2.45) is 0 Å². The van der Waals surface area contributed by atoms with Crippen molar-refractivity contribution < 1.29 is 19.2 Å². The first-order chi connectivity index (χ1) is 9.43. The van der Waals surface area contributed by atoms with Crippen molar-refractivity contribution in [2.45, 2.75) is 11.8 Å². The molecule has 1 saturated heterocycles. The van der Waals surface area contributed by atoms with Gasteiger partial charge in [-0.15, -0.1) is 11.6 Å². The lowest BCUT2D eigenvalue weighted by atomic mass is 10.1.